The van der Waals surface area contributed by atoms with E-state index in [1.807, 2.05) is 33.8 Å². The molecule has 0 N–H and O–H groups in total. The first-order valence-electron chi connectivity index (χ1n) is 8.98. The molecule has 146 valence electrons. The van der Waals surface area contributed by atoms with Gasteiger partial charge in [-0.1, -0.05) is 12.1 Å². The fourth-order valence-electron chi connectivity index (χ4n) is 3.07. The van der Waals surface area contributed by atoms with Crippen LogP contribution in [-0.2, 0) is 9.31 Å². The highest BCUT2D eigenvalue weighted by molar-refractivity contribution is 6.54. The molecule has 0 aliphatic carbocycles. The van der Waals surface area contributed by atoms with Crippen LogP contribution < -0.4 is 4.74 Å². The molecule has 0 atom stereocenters. The van der Waals surface area contributed by atoms with Crippen LogP contribution in [0.4, 0.5) is 8.78 Å². The predicted molar refractivity (Wildman–Crippen MR) is 97.8 cm³/mol. The van der Waals surface area contributed by atoms with E-state index in [1.165, 1.54) is 18.2 Å². The van der Waals surface area contributed by atoms with E-state index >= 15 is 0 Å². The Kier molecular flexibility index (Phi) is 5.32. The summed E-state index contributed by atoms with van der Waals surface area (Å²) in [6.07, 6.45) is 2.58. The van der Waals surface area contributed by atoms with Gasteiger partial charge in [0.15, 0.2) is 0 Å². The Morgan fingerprint density at radius 1 is 1.22 bits per heavy atom. The van der Waals surface area contributed by atoms with Crippen molar-refractivity contribution < 1.29 is 27.6 Å². The molecule has 2 aliphatic heterocycles. The normalized spacial score (nSPS) is 21.4. The molecule has 0 spiro atoms. The fraction of sp³-hybridized carbons (Fsp3) is 0.526. The Morgan fingerprint density at radius 2 is 1.89 bits per heavy atom. The summed E-state index contributed by atoms with van der Waals surface area (Å²) < 4.78 is 41.2. The number of hydrogen-bond donors (Lipinski definition) is 0. The standard InChI is InChI=1S/C19H24BF2NO4/c1-18(2)19(3,4)27-20(26-18)14-8-10-23(11-9-14)16(24)13-6-5-7-15(12-13)25-17(21)22/h5-8,12,17H,9-11H2,1-4H3. The number of rotatable bonds is 4. The molecular weight excluding hydrogens is 355 g/mol. The van der Waals surface area contributed by atoms with Crippen molar-refractivity contribution in [3.8, 4) is 5.75 Å². The van der Waals surface area contributed by atoms with Gasteiger partial charge in [-0.3, -0.25) is 4.79 Å². The van der Waals surface area contributed by atoms with Crippen molar-refractivity contribution >= 4 is 13.0 Å². The number of ether oxygens (including phenoxy) is 1. The molecule has 3 rings (SSSR count). The summed E-state index contributed by atoms with van der Waals surface area (Å²) in [5.41, 5.74) is 0.529. The van der Waals surface area contributed by atoms with E-state index in [2.05, 4.69) is 4.74 Å². The first-order valence-corrected chi connectivity index (χ1v) is 8.98. The highest BCUT2D eigenvalue weighted by atomic mass is 19.3. The molecule has 0 bridgehead atoms. The first-order chi connectivity index (χ1) is 12.6. The van der Waals surface area contributed by atoms with Crippen LogP contribution in [-0.4, -0.2) is 48.8 Å². The molecule has 0 saturated carbocycles. The molecule has 1 aromatic carbocycles. The van der Waals surface area contributed by atoms with Gasteiger partial charge in [0.2, 0.25) is 0 Å². The van der Waals surface area contributed by atoms with Gasteiger partial charge in [0.25, 0.3) is 5.91 Å². The van der Waals surface area contributed by atoms with Crippen LogP contribution in [0.25, 0.3) is 0 Å². The highest BCUT2D eigenvalue weighted by Gasteiger charge is 2.52. The summed E-state index contributed by atoms with van der Waals surface area (Å²) in [6.45, 7) is 6.01. The lowest BCUT2D eigenvalue weighted by Crippen LogP contribution is -2.41. The summed E-state index contributed by atoms with van der Waals surface area (Å²) >= 11 is 0. The summed E-state index contributed by atoms with van der Waals surface area (Å²) in [5, 5.41) is 0. The van der Waals surface area contributed by atoms with E-state index in [0.29, 0.717) is 25.1 Å². The average molecular weight is 379 g/mol. The minimum absolute atomic E-state index is 0.0266. The van der Waals surface area contributed by atoms with E-state index in [-0.39, 0.29) is 11.7 Å². The zero-order chi connectivity index (χ0) is 19.8. The minimum atomic E-state index is -2.92. The van der Waals surface area contributed by atoms with Crippen LogP contribution in [0.2, 0.25) is 0 Å². The summed E-state index contributed by atoms with van der Waals surface area (Å²) in [6, 6.07) is 5.85. The van der Waals surface area contributed by atoms with E-state index in [1.54, 1.807) is 11.0 Å². The van der Waals surface area contributed by atoms with Gasteiger partial charge in [-0.2, -0.15) is 8.78 Å². The lowest BCUT2D eigenvalue weighted by molar-refractivity contribution is -0.0499. The van der Waals surface area contributed by atoms with Crippen molar-refractivity contribution in [1.82, 2.24) is 4.90 Å². The first kappa shape index (κ1) is 19.8. The highest BCUT2D eigenvalue weighted by Crippen LogP contribution is 2.39. The molecule has 1 amide bonds. The lowest BCUT2D eigenvalue weighted by atomic mass is 9.74. The lowest BCUT2D eigenvalue weighted by Gasteiger charge is -2.32. The van der Waals surface area contributed by atoms with Crippen molar-refractivity contribution in [2.24, 2.45) is 0 Å². The van der Waals surface area contributed by atoms with Crippen LogP contribution in [0.5, 0.6) is 5.75 Å². The van der Waals surface area contributed by atoms with Gasteiger partial charge < -0.3 is 18.9 Å². The van der Waals surface area contributed by atoms with Gasteiger partial charge in [-0.25, -0.2) is 0 Å². The SMILES string of the molecule is CC1(C)OB(C2=CCN(C(=O)c3cccc(OC(F)F)c3)CC2)OC1(C)C. The molecule has 1 saturated heterocycles. The number of nitrogens with zero attached hydrogens (tertiary/aromatic N) is 1. The Balaban J connectivity index is 1.66. The number of amides is 1. The molecule has 8 heteroatoms. The molecule has 5 nitrogen and oxygen atoms in total. The van der Waals surface area contributed by atoms with E-state index in [9.17, 15) is 13.6 Å². The maximum absolute atomic E-state index is 12.7. The molecule has 2 aliphatic rings. The molecular formula is C19H24BF2NO4. The molecule has 2 heterocycles. The zero-order valence-electron chi connectivity index (χ0n) is 16.0. The van der Waals surface area contributed by atoms with Crippen molar-refractivity contribution in [2.75, 3.05) is 13.1 Å². The quantitative estimate of drug-likeness (QED) is 0.749. The second kappa shape index (κ2) is 7.24. The third kappa shape index (κ3) is 4.16. The fourth-order valence-corrected chi connectivity index (χ4v) is 3.07. The molecule has 0 radical (unpaired) electrons. The minimum Gasteiger partial charge on any atom is -0.435 e. The maximum atomic E-state index is 12.7. The number of carbonyl (C=O) groups excluding carboxylic acids is 1. The molecule has 1 fully saturated rings. The summed E-state index contributed by atoms with van der Waals surface area (Å²) in [4.78, 5) is 14.3. The van der Waals surface area contributed by atoms with E-state index in [0.717, 1.165) is 5.47 Å². The van der Waals surface area contributed by atoms with Crippen molar-refractivity contribution in [3.05, 3.63) is 41.4 Å². The maximum Gasteiger partial charge on any atom is 0.490 e. The number of halogens is 2. The van der Waals surface area contributed by atoms with Crippen LogP contribution in [0.1, 0.15) is 44.5 Å². The monoisotopic (exact) mass is 379 g/mol. The number of alkyl halides is 2. The van der Waals surface area contributed by atoms with Crippen molar-refractivity contribution in [2.45, 2.75) is 51.9 Å². The van der Waals surface area contributed by atoms with Crippen LogP contribution in [0, 0.1) is 0 Å². The van der Waals surface area contributed by atoms with Gasteiger partial charge in [-0.15, -0.1) is 0 Å². The van der Waals surface area contributed by atoms with Crippen LogP contribution >= 0.6 is 0 Å². The second-order valence-electron chi connectivity index (χ2n) is 7.77. The number of carbonyl (C=O) groups is 1. The van der Waals surface area contributed by atoms with Gasteiger partial charge in [0.1, 0.15) is 5.75 Å². The van der Waals surface area contributed by atoms with Gasteiger partial charge in [0.05, 0.1) is 11.2 Å². The molecule has 0 unspecified atom stereocenters. The third-order valence-corrected chi connectivity index (χ3v) is 5.39. The number of benzene rings is 1. The Bertz CT molecular complexity index is 735. The molecule has 0 aromatic heterocycles. The Morgan fingerprint density at radius 3 is 2.44 bits per heavy atom. The van der Waals surface area contributed by atoms with Crippen LogP contribution in [0.3, 0.4) is 0 Å². The average Bonchev–Trinajstić information content (AvgIpc) is 2.82. The summed E-state index contributed by atoms with van der Waals surface area (Å²) in [5.74, 6) is -0.250. The third-order valence-electron chi connectivity index (χ3n) is 5.39. The number of hydrogen-bond acceptors (Lipinski definition) is 4. The summed E-state index contributed by atoms with van der Waals surface area (Å²) in [7, 11) is -0.407. The van der Waals surface area contributed by atoms with Crippen molar-refractivity contribution in [1.29, 1.82) is 0 Å². The van der Waals surface area contributed by atoms with Crippen LogP contribution in [0.15, 0.2) is 35.8 Å². The topological polar surface area (TPSA) is 48.0 Å². The molecule has 1 aromatic rings. The smallest absolute Gasteiger partial charge is 0.435 e. The Hall–Kier alpha value is -1.93. The van der Waals surface area contributed by atoms with Crippen molar-refractivity contribution in [3.63, 3.8) is 0 Å². The zero-order valence-corrected chi connectivity index (χ0v) is 16.0. The van der Waals surface area contributed by atoms with Gasteiger partial charge in [-0.05, 0) is 57.8 Å². The predicted octanol–water partition coefficient (Wildman–Crippen LogP) is 3.69. The van der Waals surface area contributed by atoms with Gasteiger partial charge in [0, 0.05) is 18.7 Å². The second-order valence-corrected chi connectivity index (χ2v) is 7.77. The largest absolute Gasteiger partial charge is 0.490 e. The van der Waals surface area contributed by atoms with E-state index < -0.39 is 24.9 Å². The van der Waals surface area contributed by atoms with Gasteiger partial charge >= 0.3 is 13.7 Å². The Labute approximate surface area is 158 Å². The molecule has 27 heavy (non-hydrogen) atoms. The van der Waals surface area contributed by atoms with E-state index in [4.69, 9.17) is 9.31 Å².